The molecule has 0 aliphatic heterocycles. The Morgan fingerprint density at radius 3 is 2.78 bits per heavy atom. The fraction of sp³-hybridized carbons (Fsp3) is 0.417. The highest BCUT2D eigenvalue weighted by Gasteiger charge is 2.37. The summed E-state index contributed by atoms with van der Waals surface area (Å²) >= 11 is 3.09. The van der Waals surface area contributed by atoms with Crippen molar-refractivity contribution in [3.05, 3.63) is 38.3 Å². The summed E-state index contributed by atoms with van der Waals surface area (Å²) in [7, 11) is 0. The molecule has 0 heterocycles. The van der Waals surface area contributed by atoms with Crippen molar-refractivity contribution in [1.82, 2.24) is 5.32 Å². The molecule has 0 spiro atoms. The molecule has 1 saturated carbocycles. The lowest BCUT2D eigenvalue weighted by Crippen LogP contribution is -2.28. The number of benzene rings is 1. The quantitative estimate of drug-likeness (QED) is 0.686. The molecule has 0 saturated heterocycles. The van der Waals surface area contributed by atoms with Gasteiger partial charge in [-0.05, 0) is 46.3 Å². The monoisotopic (exact) mass is 312 g/mol. The van der Waals surface area contributed by atoms with Crippen LogP contribution < -0.4 is 5.32 Å². The molecule has 0 unspecified atom stereocenters. The largest absolute Gasteiger partial charge is 0.351 e. The van der Waals surface area contributed by atoms with Gasteiger partial charge >= 0.3 is 0 Å². The first-order chi connectivity index (χ1) is 8.41. The van der Waals surface area contributed by atoms with Gasteiger partial charge < -0.3 is 5.32 Å². The fourth-order valence-electron chi connectivity index (χ4n) is 1.58. The van der Waals surface area contributed by atoms with Gasteiger partial charge in [-0.1, -0.05) is 6.92 Å². The third-order valence-electron chi connectivity index (χ3n) is 3.18. The first kappa shape index (κ1) is 13.0. The molecule has 0 aromatic heterocycles. The molecule has 1 aromatic carbocycles. The zero-order valence-corrected chi connectivity index (χ0v) is 11.5. The van der Waals surface area contributed by atoms with E-state index < -0.39 is 4.92 Å². The number of halogens is 1. The number of rotatable bonds is 4. The summed E-state index contributed by atoms with van der Waals surface area (Å²) in [6.45, 7) is 2.73. The van der Waals surface area contributed by atoms with E-state index in [0.29, 0.717) is 16.6 Å². The van der Waals surface area contributed by atoms with Crippen LogP contribution in [-0.2, 0) is 0 Å². The smallest absolute Gasteiger partial charge is 0.284 e. The number of nitro groups is 1. The lowest BCUT2D eigenvalue weighted by Gasteiger charge is -2.10. The van der Waals surface area contributed by atoms with Gasteiger partial charge in [-0.25, -0.2) is 0 Å². The Morgan fingerprint density at radius 1 is 1.56 bits per heavy atom. The number of hydrogen-bond acceptors (Lipinski definition) is 3. The van der Waals surface area contributed by atoms with Gasteiger partial charge in [-0.2, -0.15) is 0 Å². The van der Waals surface area contributed by atoms with Gasteiger partial charge in [0.25, 0.3) is 11.6 Å². The molecule has 18 heavy (non-hydrogen) atoms. The molecule has 1 fully saturated rings. The molecule has 1 aromatic rings. The summed E-state index contributed by atoms with van der Waals surface area (Å²) in [5, 5.41) is 13.6. The zero-order chi connectivity index (χ0) is 13.3. The molecule has 1 aliphatic rings. The summed E-state index contributed by atoms with van der Waals surface area (Å²) < 4.78 is 0.373. The minimum absolute atomic E-state index is 0.0970. The molecular formula is C12H13BrN2O3. The predicted molar refractivity (Wildman–Crippen MR) is 70.5 cm³/mol. The normalized spacial score (nSPS) is 16.1. The molecule has 5 nitrogen and oxygen atoms in total. The van der Waals surface area contributed by atoms with Crippen molar-refractivity contribution in [1.29, 1.82) is 0 Å². The third-order valence-corrected chi connectivity index (χ3v) is 3.85. The van der Waals surface area contributed by atoms with E-state index in [9.17, 15) is 14.9 Å². The molecule has 1 amide bonds. The van der Waals surface area contributed by atoms with E-state index >= 15 is 0 Å². The maximum absolute atomic E-state index is 11.9. The van der Waals surface area contributed by atoms with Crippen LogP contribution in [0.2, 0.25) is 0 Å². The topological polar surface area (TPSA) is 72.2 Å². The highest BCUT2D eigenvalue weighted by Crippen LogP contribution is 2.44. The summed E-state index contributed by atoms with van der Waals surface area (Å²) in [4.78, 5) is 22.1. The van der Waals surface area contributed by atoms with E-state index in [4.69, 9.17) is 0 Å². The maximum Gasteiger partial charge on any atom is 0.284 e. The molecule has 2 rings (SSSR count). The first-order valence-electron chi connectivity index (χ1n) is 5.63. The van der Waals surface area contributed by atoms with Crippen LogP contribution in [0.15, 0.2) is 22.7 Å². The number of carbonyl (C=O) groups is 1. The van der Waals surface area contributed by atoms with Crippen LogP contribution in [0.4, 0.5) is 5.69 Å². The molecule has 0 bridgehead atoms. The van der Waals surface area contributed by atoms with Crippen LogP contribution in [0.3, 0.4) is 0 Å². The van der Waals surface area contributed by atoms with E-state index in [-0.39, 0.29) is 17.0 Å². The number of amides is 1. The van der Waals surface area contributed by atoms with Gasteiger partial charge in [-0.15, -0.1) is 0 Å². The summed E-state index contributed by atoms with van der Waals surface area (Å²) in [6, 6.07) is 4.38. The average Bonchev–Trinajstić information content (AvgIpc) is 3.05. The molecule has 6 heteroatoms. The van der Waals surface area contributed by atoms with Gasteiger partial charge in [0, 0.05) is 18.2 Å². The minimum Gasteiger partial charge on any atom is -0.351 e. The molecule has 1 aliphatic carbocycles. The first-order valence-corrected chi connectivity index (χ1v) is 6.43. The predicted octanol–water partition coefficient (Wildman–Crippen LogP) is 2.89. The van der Waals surface area contributed by atoms with Crippen LogP contribution >= 0.6 is 15.9 Å². The van der Waals surface area contributed by atoms with Crippen molar-refractivity contribution in [2.24, 2.45) is 5.41 Å². The van der Waals surface area contributed by atoms with E-state index in [1.807, 2.05) is 0 Å². The minimum atomic E-state index is -0.511. The van der Waals surface area contributed by atoms with Crippen molar-refractivity contribution in [2.45, 2.75) is 19.8 Å². The average molecular weight is 313 g/mol. The van der Waals surface area contributed by atoms with Crippen molar-refractivity contribution >= 4 is 27.5 Å². The highest BCUT2D eigenvalue weighted by atomic mass is 79.9. The number of nitrogens with one attached hydrogen (secondary N) is 1. The van der Waals surface area contributed by atoms with Crippen LogP contribution in [0, 0.1) is 15.5 Å². The highest BCUT2D eigenvalue weighted by molar-refractivity contribution is 9.10. The Labute approximate surface area is 113 Å². The number of carbonyl (C=O) groups excluding carboxylic acids is 1. The summed E-state index contributed by atoms with van der Waals surface area (Å²) in [5.41, 5.74) is 0.436. The van der Waals surface area contributed by atoms with Gasteiger partial charge in [0.05, 0.1) is 9.40 Å². The Balaban J connectivity index is 2.10. The van der Waals surface area contributed by atoms with Crippen molar-refractivity contribution in [3.8, 4) is 0 Å². The summed E-state index contributed by atoms with van der Waals surface area (Å²) in [5.74, 6) is -0.265. The van der Waals surface area contributed by atoms with E-state index in [1.54, 1.807) is 6.07 Å². The number of nitrogens with zero attached hydrogens (tertiary/aromatic N) is 1. The van der Waals surface area contributed by atoms with Gasteiger partial charge in [0.1, 0.15) is 0 Å². The standard InChI is InChI=1S/C12H13BrN2O3/c1-12(4-5-12)7-14-11(16)8-2-3-9(13)10(6-8)15(17)18/h2-3,6H,4-5,7H2,1H3,(H,14,16). The lowest BCUT2D eigenvalue weighted by atomic mass is 10.1. The molecule has 0 radical (unpaired) electrons. The van der Waals surface area contributed by atoms with E-state index in [1.165, 1.54) is 12.1 Å². The van der Waals surface area contributed by atoms with Crippen molar-refractivity contribution in [3.63, 3.8) is 0 Å². The van der Waals surface area contributed by atoms with Crippen molar-refractivity contribution in [2.75, 3.05) is 6.54 Å². The SMILES string of the molecule is CC1(CNC(=O)c2ccc(Br)c([N+](=O)[O-])c2)CC1. The van der Waals surface area contributed by atoms with Crippen LogP contribution in [0.1, 0.15) is 30.1 Å². The van der Waals surface area contributed by atoms with Crippen LogP contribution in [0.25, 0.3) is 0 Å². The Hall–Kier alpha value is -1.43. The van der Waals surface area contributed by atoms with Gasteiger partial charge in [0.2, 0.25) is 0 Å². The van der Waals surface area contributed by atoms with Gasteiger partial charge in [-0.3, -0.25) is 14.9 Å². The second-order valence-electron chi connectivity index (χ2n) is 4.92. The van der Waals surface area contributed by atoms with E-state index in [2.05, 4.69) is 28.2 Å². The van der Waals surface area contributed by atoms with Gasteiger partial charge in [0.15, 0.2) is 0 Å². The second kappa shape index (κ2) is 4.68. The van der Waals surface area contributed by atoms with Crippen molar-refractivity contribution < 1.29 is 9.72 Å². The van der Waals surface area contributed by atoms with Crippen LogP contribution in [0.5, 0.6) is 0 Å². The summed E-state index contributed by atoms with van der Waals surface area (Å²) in [6.07, 6.45) is 2.24. The fourth-order valence-corrected chi connectivity index (χ4v) is 1.97. The molecule has 1 N–H and O–H groups in total. The Morgan fingerprint density at radius 2 is 2.22 bits per heavy atom. The molecular weight excluding hydrogens is 300 g/mol. The number of hydrogen-bond donors (Lipinski definition) is 1. The second-order valence-corrected chi connectivity index (χ2v) is 5.77. The molecule has 96 valence electrons. The zero-order valence-electron chi connectivity index (χ0n) is 9.90. The van der Waals surface area contributed by atoms with E-state index in [0.717, 1.165) is 12.8 Å². The number of nitro benzene ring substituents is 1. The maximum atomic E-state index is 11.9. The molecule has 0 atom stereocenters. The van der Waals surface area contributed by atoms with Crippen LogP contribution in [-0.4, -0.2) is 17.4 Å². The Bertz CT molecular complexity index is 512. The lowest BCUT2D eigenvalue weighted by molar-refractivity contribution is -0.385. The third kappa shape index (κ3) is 2.87. The Kier molecular flexibility index (Phi) is 3.38.